The average Bonchev–Trinajstić information content (AvgIpc) is 2.51. The van der Waals surface area contributed by atoms with Crippen LogP contribution in [-0.4, -0.2) is 49.2 Å². The first kappa shape index (κ1) is 17.4. The number of hydrogen-bond donors (Lipinski definition) is 1. The molecular formula is C17H22FN3O2. The van der Waals surface area contributed by atoms with Gasteiger partial charge in [-0.2, -0.15) is 5.26 Å². The molecule has 124 valence electrons. The van der Waals surface area contributed by atoms with Gasteiger partial charge >= 0.3 is 0 Å². The molecule has 1 fully saturated rings. The van der Waals surface area contributed by atoms with Gasteiger partial charge in [-0.3, -0.25) is 9.69 Å². The Morgan fingerprint density at radius 3 is 2.78 bits per heavy atom. The third kappa shape index (κ3) is 5.02. The van der Waals surface area contributed by atoms with E-state index in [1.807, 2.05) is 0 Å². The molecule has 6 heteroatoms. The molecule has 1 aromatic rings. The van der Waals surface area contributed by atoms with Gasteiger partial charge in [0.05, 0.1) is 17.8 Å². The molecule has 1 aliphatic rings. The lowest BCUT2D eigenvalue weighted by molar-refractivity contribution is -0.0679. The summed E-state index contributed by atoms with van der Waals surface area (Å²) in [5.41, 5.74) is 0.186. The van der Waals surface area contributed by atoms with E-state index in [1.54, 1.807) is 6.07 Å². The summed E-state index contributed by atoms with van der Waals surface area (Å²) in [5.74, 6) is -0.898. The zero-order valence-corrected chi connectivity index (χ0v) is 13.5. The van der Waals surface area contributed by atoms with Crippen molar-refractivity contribution in [2.45, 2.75) is 32.5 Å². The molecule has 1 amide bonds. The Bertz CT molecular complexity index is 590. The summed E-state index contributed by atoms with van der Waals surface area (Å²) in [4.78, 5) is 14.3. The molecule has 1 aromatic carbocycles. The Morgan fingerprint density at radius 2 is 2.13 bits per heavy atom. The van der Waals surface area contributed by atoms with Crippen LogP contribution in [0.4, 0.5) is 4.39 Å². The fourth-order valence-corrected chi connectivity index (χ4v) is 2.83. The van der Waals surface area contributed by atoms with E-state index in [0.29, 0.717) is 12.1 Å². The molecular weight excluding hydrogens is 297 g/mol. The van der Waals surface area contributed by atoms with Crippen molar-refractivity contribution in [2.75, 3.05) is 26.2 Å². The smallest absolute Gasteiger partial charge is 0.251 e. The van der Waals surface area contributed by atoms with Gasteiger partial charge in [-0.1, -0.05) is 0 Å². The number of carbonyl (C=O) groups excluding carboxylic acids is 1. The largest absolute Gasteiger partial charge is 0.373 e. The lowest BCUT2D eigenvalue weighted by Gasteiger charge is -2.35. The highest BCUT2D eigenvalue weighted by Gasteiger charge is 2.21. The maximum absolute atomic E-state index is 13.2. The lowest BCUT2D eigenvalue weighted by atomic mass is 10.1. The number of nitrogens with one attached hydrogen (secondary N) is 1. The van der Waals surface area contributed by atoms with Gasteiger partial charge in [0.25, 0.3) is 5.91 Å². The fraction of sp³-hybridized carbons (Fsp3) is 0.529. The Labute approximate surface area is 136 Å². The van der Waals surface area contributed by atoms with Crippen molar-refractivity contribution in [1.82, 2.24) is 10.2 Å². The number of ether oxygens (including phenoxy) is 1. The van der Waals surface area contributed by atoms with Crippen LogP contribution in [0.15, 0.2) is 18.2 Å². The van der Waals surface area contributed by atoms with Crippen molar-refractivity contribution in [2.24, 2.45) is 0 Å². The Morgan fingerprint density at radius 1 is 1.43 bits per heavy atom. The molecule has 0 saturated carbocycles. The van der Waals surface area contributed by atoms with E-state index in [0.717, 1.165) is 32.1 Å². The molecule has 0 radical (unpaired) electrons. The molecule has 5 nitrogen and oxygen atoms in total. The normalized spacial score (nSPS) is 21.7. The van der Waals surface area contributed by atoms with E-state index in [9.17, 15) is 9.18 Å². The minimum atomic E-state index is -0.611. The number of rotatable bonds is 5. The first-order chi connectivity index (χ1) is 11.0. The van der Waals surface area contributed by atoms with Crippen LogP contribution < -0.4 is 5.32 Å². The number of halogens is 1. The quantitative estimate of drug-likeness (QED) is 0.842. The lowest BCUT2D eigenvalue weighted by Crippen LogP contribution is -2.46. The second-order valence-corrected chi connectivity index (χ2v) is 5.93. The van der Waals surface area contributed by atoms with Crippen LogP contribution >= 0.6 is 0 Å². The van der Waals surface area contributed by atoms with E-state index >= 15 is 0 Å². The second-order valence-electron chi connectivity index (χ2n) is 5.93. The predicted molar refractivity (Wildman–Crippen MR) is 84.5 cm³/mol. The van der Waals surface area contributed by atoms with Crippen LogP contribution in [0.2, 0.25) is 0 Å². The minimum absolute atomic E-state index is 0.117. The summed E-state index contributed by atoms with van der Waals surface area (Å²) < 4.78 is 18.9. The zero-order chi connectivity index (χ0) is 16.8. The summed E-state index contributed by atoms with van der Waals surface area (Å²) in [6.45, 7) is 7.37. The van der Waals surface area contributed by atoms with Crippen LogP contribution in [0, 0.1) is 17.1 Å². The molecule has 1 N–H and O–H groups in total. The summed E-state index contributed by atoms with van der Waals surface area (Å²) in [5, 5.41) is 11.6. The Balaban J connectivity index is 1.76. The van der Waals surface area contributed by atoms with Gasteiger partial charge in [-0.05, 0) is 38.5 Å². The van der Waals surface area contributed by atoms with Crippen LogP contribution in [-0.2, 0) is 4.74 Å². The summed E-state index contributed by atoms with van der Waals surface area (Å²) in [6, 6.07) is 5.54. The molecule has 2 unspecified atom stereocenters. The topological polar surface area (TPSA) is 65.4 Å². The average molecular weight is 319 g/mol. The van der Waals surface area contributed by atoms with Crippen molar-refractivity contribution in [1.29, 1.82) is 5.26 Å². The highest BCUT2D eigenvalue weighted by Crippen LogP contribution is 2.11. The molecule has 1 saturated heterocycles. The monoisotopic (exact) mass is 319 g/mol. The highest BCUT2D eigenvalue weighted by atomic mass is 19.1. The van der Waals surface area contributed by atoms with Gasteiger partial charge < -0.3 is 10.1 Å². The van der Waals surface area contributed by atoms with Crippen LogP contribution in [0.25, 0.3) is 0 Å². The fourth-order valence-electron chi connectivity index (χ4n) is 2.83. The minimum Gasteiger partial charge on any atom is -0.373 e. The second kappa shape index (κ2) is 8.04. The number of carbonyl (C=O) groups is 1. The van der Waals surface area contributed by atoms with E-state index in [4.69, 9.17) is 10.00 Å². The maximum atomic E-state index is 13.2. The van der Waals surface area contributed by atoms with Gasteiger partial charge in [-0.25, -0.2) is 4.39 Å². The predicted octanol–water partition coefficient (Wildman–Crippen LogP) is 1.93. The summed E-state index contributed by atoms with van der Waals surface area (Å²) in [6.07, 6.45) is 1.30. The van der Waals surface area contributed by atoms with Gasteiger partial charge in [0.2, 0.25) is 0 Å². The van der Waals surface area contributed by atoms with Crippen LogP contribution in [0.3, 0.4) is 0 Å². The van der Waals surface area contributed by atoms with Gasteiger partial charge in [0.1, 0.15) is 11.9 Å². The van der Waals surface area contributed by atoms with Crippen molar-refractivity contribution < 1.29 is 13.9 Å². The number of morpholine rings is 1. The number of nitriles is 1. The SMILES string of the molecule is CC1CN(CCCNC(=O)c2ccc(F)c(C#N)c2)CC(C)O1. The molecule has 0 aliphatic carbocycles. The van der Waals surface area contributed by atoms with E-state index in [-0.39, 0.29) is 23.7 Å². The number of benzene rings is 1. The first-order valence-corrected chi connectivity index (χ1v) is 7.85. The molecule has 0 bridgehead atoms. The van der Waals surface area contributed by atoms with E-state index < -0.39 is 5.82 Å². The van der Waals surface area contributed by atoms with Crippen LogP contribution in [0.1, 0.15) is 36.2 Å². The maximum Gasteiger partial charge on any atom is 0.251 e. The summed E-state index contributed by atoms with van der Waals surface area (Å²) >= 11 is 0. The molecule has 23 heavy (non-hydrogen) atoms. The first-order valence-electron chi connectivity index (χ1n) is 7.85. The van der Waals surface area contributed by atoms with Gasteiger partial charge in [0, 0.05) is 31.7 Å². The zero-order valence-electron chi connectivity index (χ0n) is 13.5. The Kier molecular flexibility index (Phi) is 6.08. The summed E-state index contributed by atoms with van der Waals surface area (Å²) in [7, 11) is 0. The molecule has 2 rings (SSSR count). The third-order valence-corrected chi connectivity index (χ3v) is 3.78. The van der Waals surface area contributed by atoms with E-state index in [1.165, 1.54) is 12.1 Å². The van der Waals surface area contributed by atoms with Crippen LogP contribution in [0.5, 0.6) is 0 Å². The highest BCUT2D eigenvalue weighted by molar-refractivity contribution is 5.94. The number of nitrogens with zero attached hydrogens (tertiary/aromatic N) is 2. The molecule has 1 aliphatic heterocycles. The molecule has 0 spiro atoms. The van der Waals surface area contributed by atoms with Crippen molar-refractivity contribution in [3.05, 3.63) is 35.1 Å². The number of hydrogen-bond acceptors (Lipinski definition) is 4. The molecule has 0 aromatic heterocycles. The molecule has 2 atom stereocenters. The van der Waals surface area contributed by atoms with E-state index in [2.05, 4.69) is 24.1 Å². The van der Waals surface area contributed by atoms with Gasteiger partial charge in [-0.15, -0.1) is 0 Å². The van der Waals surface area contributed by atoms with Gasteiger partial charge in [0.15, 0.2) is 0 Å². The molecule has 1 heterocycles. The van der Waals surface area contributed by atoms with Crippen molar-refractivity contribution in [3.8, 4) is 6.07 Å². The van der Waals surface area contributed by atoms with Crippen molar-refractivity contribution in [3.63, 3.8) is 0 Å². The standard InChI is InChI=1S/C17H22FN3O2/c1-12-10-21(11-13(2)23-12)7-3-6-20-17(22)14-4-5-16(18)15(8-14)9-19/h4-5,8,12-13H,3,6-7,10-11H2,1-2H3,(H,20,22). The third-order valence-electron chi connectivity index (χ3n) is 3.78. The number of amides is 1. The van der Waals surface area contributed by atoms with Crippen molar-refractivity contribution >= 4 is 5.91 Å². The Hall–Kier alpha value is -1.97.